The summed E-state index contributed by atoms with van der Waals surface area (Å²) in [5.41, 5.74) is 0. The summed E-state index contributed by atoms with van der Waals surface area (Å²) in [6, 6.07) is 0. The summed E-state index contributed by atoms with van der Waals surface area (Å²) >= 11 is -2.05. The number of hydrogen-bond donors (Lipinski definition) is 0. The van der Waals surface area contributed by atoms with Gasteiger partial charge in [0.05, 0.1) is 0 Å². The molecule has 0 N–H and O–H groups in total. The van der Waals surface area contributed by atoms with Crippen molar-refractivity contribution in [2.75, 3.05) is 51.0 Å². The minimum absolute atomic E-state index is 0.965. The van der Waals surface area contributed by atoms with Crippen LogP contribution < -0.4 is 0 Å². The molecule has 0 bridgehead atoms. The van der Waals surface area contributed by atoms with Gasteiger partial charge in [0.2, 0.25) is 0 Å². The summed E-state index contributed by atoms with van der Waals surface area (Å²) in [4.78, 5) is 5.01. The number of piperazine rings is 1. The average Bonchev–Trinajstić information content (AvgIpc) is 2.61. The fourth-order valence-electron chi connectivity index (χ4n) is 3.80. The van der Waals surface area contributed by atoms with Crippen LogP contribution in [0, 0.1) is 0 Å². The van der Waals surface area contributed by atoms with E-state index < -0.39 is 18.4 Å². The van der Waals surface area contributed by atoms with Crippen LogP contribution in [-0.2, 0) is 4.74 Å². The van der Waals surface area contributed by atoms with Gasteiger partial charge in [-0.2, -0.15) is 0 Å². The Morgan fingerprint density at radius 2 is 1.29 bits per heavy atom. The molecule has 1 heterocycles. The maximum atomic E-state index is 6.36. The fourth-order valence-corrected chi connectivity index (χ4v) is 18.3. The van der Waals surface area contributed by atoms with Gasteiger partial charge in [-0.3, -0.25) is 0 Å². The van der Waals surface area contributed by atoms with E-state index in [2.05, 4.69) is 37.6 Å². The molecule has 1 rings (SSSR count). The second-order valence-corrected chi connectivity index (χ2v) is 21.7. The molecular formula is C20H44N2OSn. The van der Waals surface area contributed by atoms with E-state index in [0.29, 0.717) is 0 Å². The van der Waals surface area contributed by atoms with E-state index in [0.717, 1.165) is 13.2 Å². The van der Waals surface area contributed by atoms with Crippen LogP contribution in [0.5, 0.6) is 0 Å². The zero-order valence-electron chi connectivity index (χ0n) is 17.1. The van der Waals surface area contributed by atoms with Gasteiger partial charge in [0.25, 0.3) is 0 Å². The van der Waals surface area contributed by atoms with E-state index in [1.165, 1.54) is 69.3 Å². The van der Waals surface area contributed by atoms with E-state index in [9.17, 15) is 0 Å². The second kappa shape index (κ2) is 13.8. The van der Waals surface area contributed by atoms with Crippen LogP contribution in [0.3, 0.4) is 0 Å². The predicted molar refractivity (Wildman–Crippen MR) is 110 cm³/mol. The second-order valence-electron chi connectivity index (χ2n) is 8.01. The summed E-state index contributed by atoms with van der Waals surface area (Å²) in [6.07, 6.45) is 8.43. The zero-order valence-corrected chi connectivity index (χ0v) is 20.0. The van der Waals surface area contributed by atoms with Gasteiger partial charge in [-0.25, -0.2) is 0 Å². The predicted octanol–water partition coefficient (Wildman–Crippen LogP) is 4.64. The number of hydrogen-bond acceptors (Lipinski definition) is 3. The molecule has 144 valence electrons. The Hall–Kier alpha value is 0.679. The Balaban J connectivity index is 2.40. The van der Waals surface area contributed by atoms with Crippen LogP contribution in [0.1, 0.15) is 59.3 Å². The third-order valence-corrected chi connectivity index (χ3v) is 20.2. The Kier molecular flexibility index (Phi) is 13.1. The normalized spacial score (nSPS) is 17.5. The Labute approximate surface area is 156 Å². The summed E-state index contributed by atoms with van der Waals surface area (Å²) < 4.78 is 12.3. The molecule has 0 atom stereocenters. The summed E-state index contributed by atoms with van der Waals surface area (Å²) in [6.45, 7) is 14.0. The standard InChI is InChI=1S/C8H17N2O.3C4H9.Sn/c1-9-3-5-10(6-4-9)7-8-11-2;3*1-3-4-2;/h2-8H2,1H3;3*1,3-4H2,2H3;. The molecule has 0 saturated carbocycles. The van der Waals surface area contributed by atoms with Gasteiger partial charge < -0.3 is 0 Å². The fraction of sp³-hybridized carbons (Fsp3) is 1.00. The number of nitrogens with zero attached hydrogens (tertiary/aromatic N) is 2. The van der Waals surface area contributed by atoms with Crippen molar-refractivity contribution in [2.45, 2.75) is 72.6 Å². The first kappa shape index (κ1) is 22.7. The van der Waals surface area contributed by atoms with E-state index in [1.807, 2.05) is 0 Å². The van der Waals surface area contributed by atoms with E-state index in [4.69, 9.17) is 4.74 Å². The molecule has 1 aliphatic rings. The van der Waals surface area contributed by atoms with Crippen LogP contribution in [0.4, 0.5) is 0 Å². The van der Waals surface area contributed by atoms with Crippen molar-refractivity contribution in [3.05, 3.63) is 0 Å². The van der Waals surface area contributed by atoms with Crippen molar-refractivity contribution in [3.8, 4) is 0 Å². The van der Waals surface area contributed by atoms with E-state index in [1.54, 1.807) is 13.3 Å². The van der Waals surface area contributed by atoms with Crippen molar-refractivity contribution < 1.29 is 4.74 Å². The Morgan fingerprint density at radius 1 is 0.792 bits per heavy atom. The topological polar surface area (TPSA) is 15.7 Å². The molecule has 0 spiro atoms. The Morgan fingerprint density at radius 3 is 1.75 bits per heavy atom. The van der Waals surface area contributed by atoms with Gasteiger partial charge >= 0.3 is 157 Å². The average molecular weight is 447 g/mol. The number of likely N-dealkylation sites (N-methyl/N-ethyl adjacent to an activating group) is 1. The molecule has 4 heteroatoms. The van der Waals surface area contributed by atoms with Crippen molar-refractivity contribution in [1.82, 2.24) is 9.80 Å². The van der Waals surface area contributed by atoms with Crippen molar-refractivity contribution >= 4 is 18.4 Å². The van der Waals surface area contributed by atoms with Crippen LogP contribution in [0.15, 0.2) is 0 Å². The van der Waals surface area contributed by atoms with Gasteiger partial charge in [-0.05, 0) is 0 Å². The first-order valence-electron chi connectivity index (χ1n) is 10.6. The SMILES string of the molecule is CCC[CH2][Sn]([CH2]CCC)([CH2]CCC)[CH2]OCCN1CCN(C)CC1. The molecule has 0 radical (unpaired) electrons. The molecule has 1 fully saturated rings. The quantitative estimate of drug-likeness (QED) is 0.285. The summed E-state index contributed by atoms with van der Waals surface area (Å²) in [5, 5.41) is 0. The summed E-state index contributed by atoms with van der Waals surface area (Å²) in [7, 11) is 2.23. The first-order chi connectivity index (χ1) is 11.7. The van der Waals surface area contributed by atoms with Crippen LogP contribution in [0.25, 0.3) is 0 Å². The number of ether oxygens (including phenoxy) is 1. The third-order valence-electron chi connectivity index (χ3n) is 5.74. The number of unbranched alkanes of at least 4 members (excludes halogenated alkanes) is 3. The van der Waals surface area contributed by atoms with E-state index in [-0.39, 0.29) is 0 Å². The molecule has 1 saturated heterocycles. The molecule has 0 aromatic carbocycles. The summed E-state index contributed by atoms with van der Waals surface area (Å²) in [5.74, 6) is 0. The molecule has 24 heavy (non-hydrogen) atoms. The Bertz CT molecular complexity index is 272. The molecule has 0 aromatic heterocycles. The molecule has 0 amide bonds. The molecule has 0 unspecified atom stereocenters. The monoisotopic (exact) mass is 448 g/mol. The van der Waals surface area contributed by atoms with Gasteiger partial charge in [0, 0.05) is 0 Å². The third kappa shape index (κ3) is 9.40. The molecule has 0 aliphatic carbocycles. The number of rotatable bonds is 14. The van der Waals surface area contributed by atoms with Crippen molar-refractivity contribution in [1.29, 1.82) is 0 Å². The van der Waals surface area contributed by atoms with E-state index >= 15 is 0 Å². The molecule has 0 aromatic rings. The van der Waals surface area contributed by atoms with Crippen molar-refractivity contribution in [3.63, 3.8) is 0 Å². The first-order valence-corrected chi connectivity index (χ1v) is 18.7. The van der Waals surface area contributed by atoms with Crippen LogP contribution in [0.2, 0.25) is 13.3 Å². The van der Waals surface area contributed by atoms with Crippen molar-refractivity contribution in [2.24, 2.45) is 0 Å². The maximum absolute atomic E-state index is 6.36. The molecule has 1 aliphatic heterocycles. The van der Waals surface area contributed by atoms with Gasteiger partial charge in [-0.1, -0.05) is 0 Å². The van der Waals surface area contributed by atoms with Gasteiger partial charge in [0.15, 0.2) is 0 Å². The zero-order chi connectivity index (χ0) is 17.7. The molecular weight excluding hydrogens is 403 g/mol. The van der Waals surface area contributed by atoms with Gasteiger partial charge in [-0.15, -0.1) is 0 Å². The van der Waals surface area contributed by atoms with Crippen LogP contribution in [-0.4, -0.2) is 79.2 Å². The van der Waals surface area contributed by atoms with Gasteiger partial charge in [0.1, 0.15) is 0 Å². The minimum atomic E-state index is -2.05. The van der Waals surface area contributed by atoms with Crippen LogP contribution >= 0.6 is 0 Å². The molecule has 3 nitrogen and oxygen atoms in total.